The monoisotopic (exact) mass is 650 g/mol. The maximum atomic E-state index is 7.21. The van der Waals surface area contributed by atoms with Gasteiger partial charge >= 0.3 is 0 Å². The summed E-state index contributed by atoms with van der Waals surface area (Å²) in [5, 5.41) is 7.32. The van der Waals surface area contributed by atoms with Crippen LogP contribution in [0.2, 0.25) is 5.02 Å². The van der Waals surface area contributed by atoms with Gasteiger partial charge in [-0.25, -0.2) is 9.98 Å². The predicted molar refractivity (Wildman–Crippen MR) is 207 cm³/mol. The molecule has 0 saturated heterocycles. The van der Waals surface area contributed by atoms with E-state index in [-0.39, 0.29) is 0 Å². The predicted octanol–water partition coefficient (Wildman–Crippen LogP) is 12.7. The summed E-state index contributed by atoms with van der Waals surface area (Å²) in [4.78, 5) is 10.7. The molecule has 3 nitrogen and oxygen atoms in total. The molecule has 7 aromatic carbocycles. The summed E-state index contributed by atoms with van der Waals surface area (Å²) >= 11 is 7.21. The number of furan rings is 1. The van der Waals surface area contributed by atoms with Crippen LogP contribution in [0.4, 0.5) is 0 Å². The molecule has 0 N–H and O–H groups in total. The van der Waals surface area contributed by atoms with Gasteiger partial charge < -0.3 is 4.42 Å². The lowest BCUT2D eigenvalue weighted by Crippen LogP contribution is -2.06. The van der Waals surface area contributed by atoms with Crippen molar-refractivity contribution in [2.75, 3.05) is 0 Å². The minimum Gasteiger partial charge on any atom is -0.456 e. The molecule has 8 aromatic rings. The SMILES string of the molecule is CCC1=C(c2ccc(-c3ccccc3)cc2)N=C(c2cc3oc4ccc5ccccc5c4c3cc2Cl)N=C(c2ccc3ccccc3c2)C1. The minimum atomic E-state index is 0.575. The van der Waals surface area contributed by atoms with Crippen LogP contribution in [0.3, 0.4) is 0 Å². The fourth-order valence-corrected chi connectivity index (χ4v) is 7.32. The van der Waals surface area contributed by atoms with Crippen LogP contribution in [0.1, 0.15) is 36.5 Å². The smallest absolute Gasteiger partial charge is 0.161 e. The van der Waals surface area contributed by atoms with Gasteiger partial charge in [-0.3, -0.25) is 0 Å². The van der Waals surface area contributed by atoms with E-state index in [1.54, 1.807) is 0 Å². The molecular formula is C45H31ClN2O. The number of aliphatic imine (C=N–C) groups is 2. The van der Waals surface area contributed by atoms with Gasteiger partial charge in [-0.2, -0.15) is 0 Å². The Morgan fingerprint density at radius 2 is 1.24 bits per heavy atom. The molecule has 0 amide bonds. The van der Waals surface area contributed by atoms with Crippen LogP contribution in [0, 0.1) is 0 Å². The molecule has 0 spiro atoms. The van der Waals surface area contributed by atoms with Gasteiger partial charge in [0, 0.05) is 28.3 Å². The first-order valence-electron chi connectivity index (χ1n) is 16.7. The number of benzene rings is 7. The minimum absolute atomic E-state index is 0.575. The Balaban J connectivity index is 1.24. The molecule has 0 radical (unpaired) electrons. The van der Waals surface area contributed by atoms with Gasteiger partial charge in [0.05, 0.1) is 16.4 Å². The Hall–Kier alpha value is -5.77. The standard InChI is InChI=1S/C45H31ClN2O/c1-2-28-25-40(35-21-18-30-12-6-7-14-34(30)24-35)47-45(48-44(28)33-19-16-31(17-20-33)29-10-4-3-5-11-29)37-27-42-38(26-39(37)46)43-36-15-9-8-13-32(36)22-23-41(43)49-42/h3-24,26-27H,2,25H2,1H3. The van der Waals surface area contributed by atoms with E-state index in [9.17, 15) is 0 Å². The zero-order valence-corrected chi connectivity index (χ0v) is 27.7. The van der Waals surface area contributed by atoms with Crippen molar-refractivity contribution in [3.05, 3.63) is 173 Å². The molecule has 1 aliphatic rings. The highest BCUT2D eigenvalue weighted by Crippen LogP contribution is 2.39. The molecule has 4 heteroatoms. The number of halogens is 1. The van der Waals surface area contributed by atoms with E-state index < -0.39 is 0 Å². The highest BCUT2D eigenvalue weighted by atomic mass is 35.5. The maximum absolute atomic E-state index is 7.21. The zero-order chi connectivity index (χ0) is 32.9. The second-order valence-electron chi connectivity index (χ2n) is 12.6. The van der Waals surface area contributed by atoms with Crippen molar-refractivity contribution < 1.29 is 4.42 Å². The Labute approximate surface area is 289 Å². The summed E-state index contributed by atoms with van der Waals surface area (Å²) in [6.45, 7) is 2.20. The maximum Gasteiger partial charge on any atom is 0.161 e. The lowest BCUT2D eigenvalue weighted by Gasteiger charge is -2.12. The fraction of sp³-hybridized carbons (Fsp3) is 0.0667. The molecule has 1 aliphatic heterocycles. The van der Waals surface area contributed by atoms with Crippen molar-refractivity contribution >= 4 is 72.3 Å². The van der Waals surface area contributed by atoms with Gasteiger partial charge in [-0.1, -0.05) is 140 Å². The molecule has 0 saturated carbocycles. The first-order valence-corrected chi connectivity index (χ1v) is 17.1. The van der Waals surface area contributed by atoms with Gasteiger partial charge in [0.25, 0.3) is 0 Å². The van der Waals surface area contributed by atoms with Crippen molar-refractivity contribution in [1.29, 1.82) is 0 Å². The van der Waals surface area contributed by atoms with E-state index in [4.69, 9.17) is 26.0 Å². The third kappa shape index (κ3) is 5.24. The number of rotatable bonds is 5. The zero-order valence-electron chi connectivity index (χ0n) is 27.0. The van der Waals surface area contributed by atoms with Crippen LogP contribution in [-0.2, 0) is 0 Å². The third-order valence-corrected chi connectivity index (χ3v) is 9.95. The largest absolute Gasteiger partial charge is 0.456 e. The Kier molecular flexibility index (Phi) is 7.22. The average Bonchev–Trinajstić information content (AvgIpc) is 3.40. The fourth-order valence-electron chi connectivity index (χ4n) is 7.07. The van der Waals surface area contributed by atoms with Crippen LogP contribution < -0.4 is 0 Å². The Bertz CT molecular complexity index is 2660. The van der Waals surface area contributed by atoms with Gasteiger partial charge in [0.15, 0.2) is 5.84 Å². The number of hydrogen-bond acceptors (Lipinski definition) is 3. The summed E-state index contributed by atoms with van der Waals surface area (Å²) < 4.78 is 6.47. The second kappa shape index (κ2) is 12.0. The summed E-state index contributed by atoms with van der Waals surface area (Å²) in [5.41, 5.74) is 9.93. The quantitative estimate of drug-likeness (QED) is 0.183. The van der Waals surface area contributed by atoms with Crippen molar-refractivity contribution in [3.8, 4) is 11.1 Å². The molecule has 9 rings (SSSR count). The number of fused-ring (bicyclic) bond motifs is 6. The molecule has 0 atom stereocenters. The van der Waals surface area contributed by atoms with E-state index in [1.165, 1.54) is 27.5 Å². The molecule has 1 aromatic heterocycles. The Morgan fingerprint density at radius 3 is 2.06 bits per heavy atom. The average molecular weight is 651 g/mol. The first kappa shape index (κ1) is 29.4. The summed E-state index contributed by atoms with van der Waals surface area (Å²) in [7, 11) is 0. The molecular weight excluding hydrogens is 620 g/mol. The van der Waals surface area contributed by atoms with Crippen LogP contribution in [-0.4, -0.2) is 11.5 Å². The van der Waals surface area contributed by atoms with Crippen LogP contribution in [0.25, 0.3) is 60.3 Å². The van der Waals surface area contributed by atoms with E-state index in [0.29, 0.717) is 17.3 Å². The van der Waals surface area contributed by atoms with Crippen molar-refractivity contribution in [3.63, 3.8) is 0 Å². The summed E-state index contributed by atoms with van der Waals surface area (Å²) in [6.07, 6.45) is 1.51. The normalized spacial score (nSPS) is 13.7. The third-order valence-electron chi connectivity index (χ3n) is 9.64. The van der Waals surface area contributed by atoms with Crippen LogP contribution >= 0.6 is 11.6 Å². The van der Waals surface area contributed by atoms with Gasteiger partial charge in [0.1, 0.15) is 11.2 Å². The van der Waals surface area contributed by atoms with E-state index in [1.807, 2.05) is 24.3 Å². The van der Waals surface area contributed by atoms with Crippen molar-refractivity contribution in [2.24, 2.45) is 9.98 Å². The van der Waals surface area contributed by atoms with Crippen molar-refractivity contribution in [1.82, 2.24) is 0 Å². The van der Waals surface area contributed by atoms with Crippen LogP contribution in [0.15, 0.2) is 166 Å². The number of hydrogen-bond donors (Lipinski definition) is 0. The first-order chi connectivity index (χ1) is 24.1. The lowest BCUT2D eigenvalue weighted by molar-refractivity contribution is 0.669. The number of allylic oxidation sites excluding steroid dienone is 1. The van der Waals surface area contributed by atoms with E-state index in [2.05, 4.69) is 128 Å². The molecule has 0 bridgehead atoms. The molecule has 0 unspecified atom stereocenters. The van der Waals surface area contributed by atoms with Crippen molar-refractivity contribution in [2.45, 2.75) is 19.8 Å². The van der Waals surface area contributed by atoms with Gasteiger partial charge in [0.2, 0.25) is 0 Å². The summed E-state index contributed by atoms with van der Waals surface area (Å²) in [5.74, 6) is 0.575. The molecule has 2 heterocycles. The number of nitrogens with zero attached hydrogens (tertiary/aromatic N) is 2. The molecule has 0 fully saturated rings. The lowest BCUT2D eigenvalue weighted by atomic mass is 9.94. The van der Waals surface area contributed by atoms with E-state index in [0.717, 1.165) is 67.2 Å². The number of amidine groups is 1. The van der Waals surface area contributed by atoms with E-state index >= 15 is 0 Å². The van der Waals surface area contributed by atoms with Crippen LogP contribution in [0.5, 0.6) is 0 Å². The van der Waals surface area contributed by atoms with Gasteiger partial charge in [-0.15, -0.1) is 0 Å². The summed E-state index contributed by atoms with van der Waals surface area (Å²) in [6, 6.07) is 50.7. The van der Waals surface area contributed by atoms with Gasteiger partial charge in [-0.05, 0) is 74.5 Å². The highest BCUT2D eigenvalue weighted by molar-refractivity contribution is 6.36. The molecule has 234 valence electrons. The Morgan fingerprint density at radius 1 is 0.571 bits per heavy atom. The molecule has 0 aliphatic carbocycles. The molecule has 49 heavy (non-hydrogen) atoms. The topological polar surface area (TPSA) is 37.9 Å². The second-order valence-corrected chi connectivity index (χ2v) is 13.0. The highest BCUT2D eigenvalue weighted by Gasteiger charge is 2.22.